The van der Waals surface area contributed by atoms with Crippen LogP contribution >= 0.6 is 35.3 Å². The van der Waals surface area contributed by atoms with E-state index in [-0.39, 0.29) is 17.1 Å². The molecule has 1 heterocycles. The summed E-state index contributed by atoms with van der Waals surface area (Å²) >= 11 is 8.09. The van der Waals surface area contributed by atoms with Crippen molar-refractivity contribution in [3.05, 3.63) is 34.3 Å². The number of nitrogens with one attached hydrogen (secondary N) is 1. The number of carbonyl (C=O) groups excluding carboxylic acids is 1. The normalized spacial score (nSPS) is 14.6. The predicted molar refractivity (Wildman–Crippen MR) is 105 cm³/mol. The number of carbonyl (C=O) groups is 1. The van der Waals surface area contributed by atoms with Crippen LogP contribution in [0.25, 0.3) is 5.69 Å². The zero-order valence-electron chi connectivity index (χ0n) is 14.5. The van der Waals surface area contributed by atoms with Gasteiger partial charge in [0.1, 0.15) is 5.54 Å². The molecular formula is C17H20N4OS3. The summed E-state index contributed by atoms with van der Waals surface area (Å²) in [5.41, 5.74) is 0.00612. The molecule has 0 aliphatic heterocycles. The summed E-state index contributed by atoms with van der Waals surface area (Å²) in [5, 5.41) is 16.3. The van der Waals surface area contributed by atoms with E-state index in [9.17, 15) is 10.1 Å². The summed E-state index contributed by atoms with van der Waals surface area (Å²) in [6, 6.07) is 11.8. The summed E-state index contributed by atoms with van der Waals surface area (Å²) < 4.78 is 3.05. The van der Waals surface area contributed by atoms with Gasteiger partial charge in [0, 0.05) is 0 Å². The summed E-state index contributed by atoms with van der Waals surface area (Å²) in [4.78, 5) is 12.4. The van der Waals surface area contributed by atoms with Gasteiger partial charge in [-0.25, -0.2) is 4.68 Å². The van der Waals surface area contributed by atoms with E-state index in [1.165, 1.54) is 23.1 Å². The molecule has 8 heteroatoms. The summed E-state index contributed by atoms with van der Waals surface area (Å²) in [5.74, 6) is -0.173. The molecule has 0 aliphatic rings. The van der Waals surface area contributed by atoms with Crippen LogP contribution in [-0.4, -0.2) is 26.5 Å². The summed E-state index contributed by atoms with van der Waals surface area (Å²) in [6.45, 7) is 7.36. The summed E-state index contributed by atoms with van der Waals surface area (Å²) in [7, 11) is 0. The zero-order valence-corrected chi connectivity index (χ0v) is 17.0. The molecule has 2 atom stereocenters. The van der Waals surface area contributed by atoms with Crippen molar-refractivity contribution in [2.24, 2.45) is 5.92 Å². The minimum Gasteiger partial charge on any atom is -0.337 e. The molecule has 1 N–H and O–H groups in total. The molecule has 5 nitrogen and oxygen atoms in total. The van der Waals surface area contributed by atoms with Crippen LogP contribution < -0.4 is 5.32 Å². The maximum Gasteiger partial charge on any atom is 0.234 e. The van der Waals surface area contributed by atoms with Gasteiger partial charge in [0.2, 0.25) is 5.91 Å². The first-order valence-electron chi connectivity index (χ1n) is 7.82. The van der Waals surface area contributed by atoms with Gasteiger partial charge in [-0.2, -0.15) is 5.26 Å². The first kappa shape index (κ1) is 19.6. The first-order chi connectivity index (χ1) is 11.8. The van der Waals surface area contributed by atoms with E-state index in [0.717, 1.165) is 10.0 Å². The molecule has 1 aromatic carbocycles. The molecule has 0 unspecified atom stereocenters. The van der Waals surface area contributed by atoms with Gasteiger partial charge in [-0.15, -0.1) is 5.10 Å². The monoisotopic (exact) mass is 392 g/mol. The lowest BCUT2D eigenvalue weighted by Crippen LogP contribution is -2.51. The van der Waals surface area contributed by atoms with Gasteiger partial charge in [-0.05, 0) is 44.1 Å². The van der Waals surface area contributed by atoms with Gasteiger partial charge >= 0.3 is 0 Å². The van der Waals surface area contributed by atoms with Crippen LogP contribution in [-0.2, 0) is 4.79 Å². The standard InChI is InChI=1S/C17H20N4OS3/c1-11(2)17(4,10-18)19-14(22)12(3)24-15-20-21(16(23)25-15)13-8-6-5-7-9-13/h5-9,11-12H,1-4H3,(H,19,22)/t12-,17+/m0/s1. The van der Waals surface area contributed by atoms with E-state index in [1.807, 2.05) is 44.2 Å². The number of amides is 1. The maximum atomic E-state index is 12.4. The SMILES string of the molecule is CC(C)[C@@](C)(C#N)NC(=O)[C@H](C)Sc1nn(-c2ccccc2)c(=S)s1. The molecule has 0 bridgehead atoms. The van der Waals surface area contributed by atoms with Crippen LogP contribution in [0, 0.1) is 21.2 Å². The van der Waals surface area contributed by atoms with Crippen LogP contribution in [0.5, 0.6) is 0 Å². The average molecular weight is 393 g/mol. The number of benzene rings is 1. The van der Waals surface area contributed by atoms with Crippen molar-refractivity contribution in [2.75, 3.05) is 0 Å². The Labute approximate surface area is 161 Å². The van der Waals surface area contributed by atoms with Crippen LogP contribution in [0.15, 0.2) is 34.7 Å². The van der Waals surface area contributed by atoms with Crippen molar-refractivity contribution in [1.82, 2.24) is 15.1 Å². The number of rotatable bonds is 6. The fraction of sp³-hybridized carbons (Fsp3) is 0.412. The lowest BCUT2D eigenvalue weighted by molar-refractivity contribution is -0.121. The van der Waals surface area contributed by atoms with Gasteiger partial charge in [0.25, 0.3) is 0 Å². The van der Waals surface area contributed by atoms with Crippen LogP contribution in [0.2, 0.25) is 0 Å². The number of para-hydroxylation sites is 1. The molecule has 0 saturated carbocycles. The minimum absolute atomic E-state index is 0.0120. The highest BCUT2D eigenvalue weighted by Gasteiger charge is 2.32. The van der Waals surface area contributed by atoms with Crippen molar-refractivity contribution in [3.8, 4) is 11.8 Å². The van der Waals surface area contributed by atoms with E-state index in [1.54, 1.807) is 18.5 Å². The van der Waals surface area contributed by atoms with Crippen molar-refractivity contribution in [1.29, 1.82) is 5.26 Å². The highest BCUT2D eigenvalue weighted by molar-refractivity contribution is 8.02. The predicted octanol–water partition coefficient (Wildman–Crippen LogP) is 4.20. The smallest absolute Gasteiger partial charge is 0.234 e. The van der Waals surface area contributed by atoms with Gasteiger partial charge in [0.05, 0.1) is 17.0 Å². The molecule has 0 radical (unpaired) electrons. The lowest BCUT2D eigenvalue weighted by Gasteiger charge is -2.28. The van der Waals surface area contributed by atoms with Gasteiger partial charge < -0.3 is 5.32 Å². The zero-order chi connectivity index (χ0) is 18.6. The largest absolute Gasteiger partial charge is 0.337 e. The van der Waals surface area contributed by atoms with E-state index >= 15 is 0 Å². The Bertz CT molecular complexity index is 838. The van der Waals surface area contributed by atoms with Gasteiger partial charge in [-0.1, -0.05) is 55.1 Å². The Morgan fingerprint density at radius 1 is 1.40 bits per heavy atom. The fourth-order valence-electron chi connectivity index (χ4n) is 1.90. The molecule has 0 spiro atoms. The molecule has 0 aliphatic carbocycles. The number of nitriles is 1. The van der Waals surface area contributed by atoms with E-state index in [2.05, 4.69) is 16.5 Å². The van der Waals surface area contributed by atoms with E-state index in [0.29, 0.717) is 3.95 Å². The lowest BCUT2D eigenvalue weighted by atomic mass is 9.90. The number of hydrogen-bond donors (Lipinski definition) is 1. The molecule has 0 fully saturated rings. The minimum atomic E-state index is -0.887. The number of hydrogen-bond acceptors (Lipinski definition) is 6. The second kappa shape index (κ2) is 8.13. The summed E-state index contributed by atoms with van der Waals surface area (Å²) in [6.07, 6.45) is 0. The van der Waals surface area contributed by atoms with Crippen LogP contribution in [0.3, 0.4) is 0 Å². The van der Waals surface area contributed by atoms with Crippen molar-refractivity contribution < 1.29 is 4.79 Å². The second-order valence-electron chi connectivity index (χ2n) is 6.10. The highest BCUT2D eigenvalue weighted by atomic mass is 32.2. The molecule has 1 aromatic heterocycles. The Balaban J connectivity index is 2.11. The molecule has 132 valence electrons. The quantitative estimate of drug-likeness (QED) is 0.589. The Kier molecular flexibility index (Phi) is 6.38. The van der Waals surface area contributed by atoms with Crippen molar-refractivity contribution in [3.63, 3.8) is 0 Å². The molecule has 25 heavy (non-hydrogen) atoms. The van der Waals surface area contributed by atoms with E-state index in [4.69, 9.17) is 12.2 Å². The first-order valence-corrected chi connectivity index (χ1v) is 9.93. The Hall–Kier alpha value is -1.69. The molecule has 2 rings (SSSR count). The Morgan fingerprint density at radius 2 is 2.04 bits per heavy atom. The molecule has 0 saturated heterocycles. The van der Waals surface area contributed by atoms with Gasteiger partial charge in [0.15, 0.2) is 8.29 Å². The molecule has 2 aromatic rings. The average Bonchev–Trinajstić information content (AvgIpc) is 2.95. The van der Waals surface area contributed by atoms with Crippen molar-refractivity contribution in [2.45, 2.75) is 42.8 Å². The third-order valence-electron chi connectivity index (χ3n) is 3.95. The second-order valence-corrected chi connectivity index (χ2v) is 9.31. The molecule has 1 amide bonds. The third kappa shape index (κ3) is 4.69. The number of aromatic nitrogens is 2. The van der Waals surface area contributed by atoms with Crippen LogP contribution in [0.1, 0.15) is 27.7 Å². The highest BCUT2D eigenvalue weighted by Crippen LogP contribution is 2.28. The van der Waals surface area contributed by atoms with E-state index < -0.39 is 5.54 Å². The van der Waals surface area contributed by atoms with Gasteiger partial charge in [-0.3, -0.25) is 4.79 Å². The number of nitrogens with zero attached hydrogens (tertiary/aromatic N) is 3. The maximum absolute atomic E-state index is 12.4. The number of thioether (sulfide) groups is 1. The van der Waals surface area contributed by atoms with Crippen molar-refractivity contribution >= 4 is 41.2 Å². The Morgan fingerprint density at radius 3 is 2.60 bits per heavy atom. The van der Waals surface area contributed by atoms with Crippen LogP contribution in [0.4, 0.5) is 0 Å². The molecular weight excluding hydrogens is 372 g/mol. The third-order valence-corrected chi connectivity index (χ3v) is 6.36. The fourth-order valence-corrected chi connectivity index (χ4v) is 4.41. The topological polar surface area (TPSA) is 70.7 Å².